The van der Waals surface area contributed by atoms with Crippen LogP contribution in [0.4, 0.5) is 0 Å². The Morgan fingerprint density at radius 2 is 1.97 bits per heavy atom. The maximum absolute atomic E-state index is 13.3. The number of nitrogens with zero attached hydrogens (tertiary/aromatic N) is 2. The molecule has 7 heteroatoms. The number of benzene rings is 1. The van der Waals surface area contributed by atoms with E-state index in [-0.39, 0.29) is 5.56 Å². The number of hydrogen-bond donors (Lipinski definition) is 1. The normalized spacial score (nSPS) is 12.3. The predicted molar refractivity (Wildman–Crippen MR) is 118 cm³/mol. The minimum Gasteiger partial charge on any atom is -0.480 e. The van der Waals surface area contributed by atoms with E-state index in [0.717, 1.165) is 26.4 Å². The Bertz CT molecular complexity index is 1220. The molecular formula is C22H20N2O3S2. The molecular weight excluding hydrogens is 404 g/mol. The van der Waals surface area contributed by atoms with Gasteiger partial charge < -0.3 is 5.11 Å². The monoisotopic (exact) mass is 424 g/mol. The van der Waals surface area contributed by atoms with Crippen LogP contribution in [-0.4, -0.2) is 20.6 Å². The molecule has 0 radical (unpaired) electrons. The van der Waals surface area contributed by atoms with Gasteiger partial charge in [-0.05, 0) is 43.7 Å². The summed E-state index contributed by atoms with van der Waals surface area (Å²) in [5.74, 6) is -1.02. The number of fused-ring (bicyclic) bond motifs is 1. The Kier molecular flexibility index (Phi) is 5.34. The molecule has 0 saturated carbocycles. The number of aliphatic carboxylic acids is 1. The van der Waals surface area contributed by atoms with Crippen LogP contribution in [0.1, 0.15) is 28.5 Å². The van der Waals surface area contributed by atoms with Gasteiger partial charge >= 0.3 is 5.97 Å². The van der Waals surface area contributed by atoms with E-state index in [2.05, 4.69) is 4.98 Å². The largest absolute Gasteiger partial charge is 0.480 e. The van der Waals surface area contributed by atoms with E-state index in [9.17, 15) is 14.7 Å². The van der Waals surface area contributed by atoms with Crippen molar-refractivity contribution in [1.29, 1.82) is 0 Å². The minimum atomic E-state index is -1.02. The first-order chi connectivity index (χ1) is 14.0. The zero-order valence-electron chi connectivity index (χ0n) is 16.1. The van der Waals surface area contributed by atoms with Crippen LogP contribution in [-0.2, 0) is 11.2 Å². The van der Waals surface area contributed by atoms with Crippen molar-refractivity contribution in [1.82, 2.24) is 9.55 Å². The van der Waals surface area contributed by atoms with Gasteiger partial charge in [-0.3, -0.25) is 9.36 Å². The smallest absolute Gasteiger partial charge is 0.326 e. The Morgan fingerprint density at radius 3 is 2.62 bits per heavy atom. The molecule has 0 bridgehead atoms. The van der Waals surface area contributed by atoms with Crippen molar-refractivity contribution < 1.29 is 9.90 Å². The lowest BCUT2D eigenvalue weighted by Crippen LogP contribution is -2.30. The van der Waals surface area contributed by atoms with Crippen LogP contribution < -0.4 is 5.56 Å². The van der Waals surface area contributed by atoms with Gasteiger partial charge in [0.05, 0.1) is 11.7 Å². The van der Waals surface area contributed by atoms with Crippen LogP contribution in [0.2, 0.25) is 0 Å². The second-order valence-electron chi connectivity index (χ2n) is 7.03. The minimum absolute atomic E-state index is 0.293. The van der Waals surface area contributed by atoms with Crippen LogP contribution in [0.5, 0.6) is 0 Å². The van der Waals surface area contributed by atoms with Gasteiger partial charge in [-0.1, -0.05) is 35.9 Å². The van der Waals surface area contributed by atoms with Gasteiger partial charge in [0.15, 0.2) is 0 Å². The SMILES string of the molecule is Cc1ccc(CCC(C(=O)O)n2cnc3sc(C)c(-c4cccs4)c3c2=O)cc1. The van der Waals surface area contributed by atoms with Crippen molar-refractivity contribution in [3.05, 3.63) is 74.5 Å². The highest BCUT2D eigenvalue weighted by Gasteiger charge is 2.24. The molecule has 0 amide bonds. The van der Waals surface area contributed by atoms with Gasteiger partial charge in [0.2, 0.25) is 0 Å². The van der Waals surface area contributed by atoms with Gasteiger partial charge in [-0.2, -0.15) is 0 Å². The van der Waals surface area contributed by atoms with Gasteiger partial charge in [-0.15, -0.1) is 22.7 Å². The molecule has 1 atom stereocenters. The van der Waals surface area contributed by atoms with Crippen LogP contribution in [0.3, 0.4) is 0 Å². The molecule has 29 heavy (non-hydrogen) atoms. The lowest BCUT2D eigenvalue weighted by Gasteiger charge is -2.15. The highest BCUT2D eigenvalue weighted by atomic mass is 32.1. The zero-order chi connectivity index (χ0) is 20.5. The first-order valence-corrected chi connectivity index (χ1v) is 11.0. The molecule has 0 spiro atoms. The molecule has 1 aromatic carbocycles. The van der Waals surface area contributed by atoms with E-state index in [1.54, 1.807) is 11.3 Å². The molecule has 0 aliphatic carbocycles. The predicted octanol–water partition coefficient (Wildman–Crippen LogP) is 5.06. The molecule has 1 unspecified atom stereocenters. The summed E-state index contributed by atoms with van der Waals surface area (Å²) in [6.45, 7) is 3.98. The first kappa shape index (κ1) is 19.5. The molecule has 3 aromatic heterocycles. The number of aromatic nitrogens is 2. The lowest BCUT2D eigenvalue weighted by molar-refractivity contribution is -0.141. The quantitative estimate of drug-likeness (QED) is 0.469. The lowest BCUT2D eigenvalue weighted by atomic mass is 10.0. The molecule has 4 rings (SSSR count). The average Bonchev–Trinajstić information content (AvgIpc) is 3.32. The van der Waals surface area contributed by atoms with E-state index in [4.69, 9.17) is 0 Å². The summed E-state index contributed by atoms with van der Waals surface area (Å²) >= 11 is 3.03. The maximum atomic E-state index is 13.3. The fourth-order valence-electron chi connectivity index (χ4n) is 3.49. The van der Waals surface area contributed by atoms with Crippen LogP contribution >= 0.6 is 22.7 Å². The van der Waals surface area contributed by atoms with E-state index < -0.39 is 12.0 Å². The molecule has 148 valence electrons. The number of carbonyl (C=O) groups is 1. The van der Waals surface area contributed by atoms with Crippen molar-refractivity contribution >= 4 is 38.9 Å². The van der Waals surface area contributed by atoms with Crippen molar-refractivity contribution in [2.24, 2.45) is 0 Å². The Balaban J connectivity index is 1.75. The van der Waals surface area contributed by atoms with E-state index in [1.807, 2.05) is 55.6 Å². The number of aryl methyl sites for hydroxylation is 3. The fourth-order valence-corrected chi connectivity index (χ4v) is 5.39. The third kappa shape index (κ3) is 3.75. The number of rotatable bonds is 6. The van der Waals surface area contributed by atoms with Gasteiger partial charge in [0.1, 0.15) is 10.9 Å². The Hall–Kier alpha value is -2.77. The molecule has 1 N–H and O–H groups in total. The second kappa shape index (κ2) is 7.93. The summed E-state index contributed by atoms with van der Waals surface area (Å²) in [5, 5.41) is 12.3. The number of carboxylic acid groups (broad SMARTS) is 1. The first-order valence-electron chi connectivity index (χ1n) is 9.28. The van der Waals surface area contributed by atoms with Crippen LogP contribution in [0, 0.1) is 13.8 Å². The Labute approximate surface area is 175 Å². The summed E-state index contributed by atoms with van der Waals surface area (Å²) in [6.07, 6.45) is 2.28. The van der Waals surface area contributed by atoms with Crippen LogP contribution in [0.15, 0.2) is 52.9 Å². The summed E-state index contributed by atoms with van der Waals surface area (Å²) < 4.78 is 1.28. The molecule has 0 aliphatic heterocycles. The molecule has 5 nitrogen and oxygen atoms in total. The van der Waals surface area contributed by atoms with Crippen LogP contribution in [0.25, 0.3) is 20.7 Å². The van der Waals surface area contributed by atoms with E-state index in [0.29, 0.717) is 23.1 Å². The number of carboxylic acids is 1. The number of hydrogen-bond acceptors (Lipinski definition) is 5. The topological polar surface area (TPSA) is 72.2 Å². The molecule has 0 fully saturated rings. The summed E-state index contributed by atoms with van der Waals surface area (Å²) in [6, 6.07) is 11.0. The van der Waals surface area contributed by atoms with Crippen molar-refractivity contribution in [2.75, 3.05) is 0 Å². The zero-order valence-corrected chi connectivity index (χ0v) is 17.7. The fraction of sp³-hybridized carbons (Fsp3) is 0.227. The van der Waals surface area contributed by atoms with Gasteiger partial charge in [-0.25, -0.2) is 9.78 Å². The maximum Gasteiger partial charge on any atom is 0.326 e. The molecule has 4 aromatic rings. The van der Waals surface area contributed by atoms with Crippen molar-refractivity contribution in [3.63, 3.8) is 0 Å². The van der Waals surface area contributed by atoms with Crippen molar-refractivity contribution in [2.45, 2.75) is 32.7 Å². The number of thiophene rings is 2. The third-order valence-corrected chi connectivity index (χ3v) is 6.93. The average molecular weight is 425 g/mol. The highest BCUT2D eigenvalue weighted by molar-refractivity contribution is 7.20. The van der Waals surface area contributed by atoms with E-state index in [1.165, 1.54) is 22.2 Å². The molecule has 0 aliphatic rings. The molecule has 3 heterocycles. The van der Waals surface area contributed by atoms with E-state index >= 15 is 0 Å². The summed E-state index contributed by atoms with van der Waals surface area (Å²) in [7, 11) is 0. The Morgan fingerprint density at radius 1 is 1.21 bits per heavy atom. The summed E-state index contributed by atoms with van der Waals surface area (Å²) in [5.41, 5.74) is 2.78. The van der Waals surface area contributed by atoms with Gasteiger partial charge in [0.25, 0.3) is 5.56 Å². The second-order valence-corrected chi connectivity index (χ2v) is 9.18. The van der Waals surface area contributed by atoms with Gasteiger partial charge in [0, 0.05) is 15.3 Å². The standard InChI is InChI=1S/C22H20N2O3S2/c1-13-5-7-15(8-6-13)9-10-16(22(26)27)24-12-23-20-19(21(24)25)18(14(2)29-20)17-4-3-11-28-17/h3-8,11-12,16H,9-10H2,1-2H3,(H,26,27). The third-order valence-electron chi connectivity index (χ3n) is 5.03. The molecule has 0 saturated heterocycles. The van der Waals surface area contributed by atoms with Crippen molar-refractivity contribution in [3.8, 4) is 10.4 Å². The summed E-state index contributed by atoms with van der Waals surface area (Å²) in [4.78, 5) is 32.4. The highest BCUT2D eigenvalue weighted by Crippen LogP contribution is 2.37.